The maximum atomic E-state index is 10.7. The molecular weight excluding hydrogens is 224 g/mol. The standard InChI is InChI=1S/C11H16N2O2S/c1-13(6-5-8-3-2-4-8)11-12-7-9(16-11)10(14)15/h7-8H,2-6H2,1H3,(H,14,15). The zero-order valence-electron chi connectivity index (χ0n) is 9.35. The highest BCUT2D eigenvalue weighted by atomic mass is 32.1. The maximum Gasteiger partial charge on any atom is 0.347 e. The molecule has 1 saturated carbocycles. The van der Waals surface area contributed by atoms with E-state index in [0.29, 0.717) is 4.88 Å². The van der Waals surface area contributed by atoms with E-state index < -0.39 is 5.97 Å². The highest BCUT2D eigenvalue weighted by molar-refractivity contribution is 7.17. The summed E-state index contributed by atoms with van der Waals surface area (Å²) in [5, 5.41) is 9.60. The van der Waals surface area contributed by atoms with Crippen molar-refractivity contribution in [3.8, 4) is 0 Å². The van der Waals surface area contributed by atoms with Crippen LogP contribution in [0.2, 0.25) is 0 Å². The Morgan fingerprint density at radius 3 is 2.94 bits per heavy atom. The van der Waals surface area contributed by atoms with E-state index in [1.807, 2.05) is 7.05 Å². The van der Waals surface area contributed by atoms with Crippen molar-refractivity contribution in [2.24, 2.45) is 5.92 Å². The van der Waals surface area contributed by atoms with Gasteiger partial charge in [0, 0.05) is 13.6 Å². The minimum absolute atomic E-state index is 0.311. The largest absolute Gasteiger partial charge is 0.477 e. The summed E-state index contributed by atoms with van der Waals surface area (Å²) in [5.74, 6) is -0.0162. The number of aromatic carboxylic acids is 1. The van der Waals surface area contributed by atoms with Gasteiger partial charge in [0.05, 0.1) is 6.20 Å². The first-order valence-corrected chi connectivity index (χ1v) is 6.38. The van der Waals surface area contributed by atoms with Crippen molar-refractivity contribution >= 4 is 22.4 Å². The van der Waals surface area contributed by atoms with E-state index in [2.05, 4.69) is 9.88 Å². The summed E-state index contributed by atoms with van der Waals surface area (Å²) in [5.41, 5.74) is 0. The summed E-state index contributed by atoms with van der Waals surface area (Å²) in [4.78, 5) is 17.2. The van der Waals surface area contributed by atoms with E-state index in [1.54, 1.807) is 0 Å². The molecule has 0 atom stereocenters. The quantitative estimate of drug-likeness (QED) is 0.859. The number of aromatic nitrogens is 1. The van der Waals surface area contributed by atoms with Crippen LogP contribution in [0.5, 0.6) is 0 Å². The summed E-state index contributed by atoms with van der Waals surface area (Å²) >= 11 is 1.24. The third-order valence-electron chi connectivity index (χ3n) is 3.13. The Balaban J connectivity index is 1.86. The summed E-state index contributed by atoms with van der Waals surface area (Å²) < 4.78 is 0. The maximum absolute atomic E-state index is 10.7. The second kappa shape index (κ2) is 4.82. The van der Waals surface area contributed by atoms with E-state index >= 15 is 0 Å². The Labute approximate surface area is 98.9 Å². The average Bonchev–Trinajstić information content (AvgIpc) is 2.63. The molecule has 0 bridgehead atoms. The Morgan fingerprint density at radius 1 is 1.69 bits per heavy atom. The number of hydrogen-bond donors (Lipinski definition) is 1. The number of nitrogens with zero attached hydrogens (tertiary/aromatic N) is 2. The summed E-state index contributed by atoms with van der Waals surface area (Å²) in [6.45, 7) is 0.969. The molecule has 0 spiro atoms. The van der Waals surface area contributed by atoms with Crippen molar-refractivity contribution < 1.29 is 9.90 Å². The van der Waals surface area contributed by atoms with Crippen LogP contribution >= 0.6 is 11.3 Å². The molecule has 1 N–H and O–H groups in total. The number of hydrogen-bond acceptors (Lipinski definition) is 4. The highest BCUT2D eigenvalue weighted by Gasteiger charge is 2.18. The number of thiazole rings is 1. The molecule has 1 aromatic rings. The van der Waals surface area contributed by atoms with Gasteiger partial charge in [-0.25, -0.2) is 9.78 Å². The molecule has 1 aliphatic rings. The van der Waals surface area contributed by atoms with Gasteiger partial charge in [0.2, 0.25) is 0 Å². The molecule has 0 aromatic carbocycles. The zero-order chi connectivity index (χ0) is 11.5. The van der Waals surface area contributed by atoms with Gasteiger partial charge >= 0.3 is 5.97 Å². The van der Waals surface area contributed by atoms with Crippen LogP contribution in [0.1, 0.15) is 35.4 Å². The van der Waals surface area contributed by atoms with Crippen molar-refractivity contribution in [2.75, 3.05) is 18.5 Å². The fourth-order valence-electron chi connectivity index (χ4n) is 1.79. The average molecular weight is 240 g/mol. The van der Waals surface area contributed by atoms with Crippen LogP contribution in [0, 0.1) is 5.92 Å². The third-order valence-corrected chi connectivity index (χ3v) is 4.23. The van der Waals surface area contributed by atoms with E-state index in [9.17, 15) is 4.79 Å². The first-order chi connectivity index (χ1) is 7.66. The van der Waals surface area contributed by atoms with Crippen LogP contribution in [0.15, 0.2) is 6.20 Å². The van der Waals surface area contributed by atoms with Crippen LogP contribution < -0.4 is 4.90 Å². The molecule has 1 fully saturated rings. The number of rotatable bonds is 5. The van der Waals surface area contributed by atoms with Crippen molar-refractivity contribution in [1.29, 1.82) is 0 Å². The van der Waals surface area contributed by atoms with Gasteiger partial charge in [-0.15, -0.1) is 0 Å². The number of anilines is 1. The fraction of sp³-hybridized carbons (Fsp3) is 0.636. The Hall–Kier alpha value is -1.10. The van der Waals surface area contributed by atoms with Crippen molar-refractivity contribution in [3.63, 3.8) is 0 Å². The highest BCUT2D eigenvalue weighted by Crippen LogP contribution is 2.30. The molecule has 0 amide bonds. The zero-order valence-corrected chi connectivity index (χ0v) is 10.2. The normalized spacial score (nSPS) is 15.8. The molecular formula is C11H16N2O2S. The smallest absolute Gasteiger partial charge is 0.347 e. The molecule has 4 nitrogen and oxygen atoms in total. The van der Waals surface area contributed by atoms with Crippen LogP contribution in [0.25, 0.3) is 0 Å². The van der Waals surface area contributed by atoms with Crippen LogP contribution in [-0.4, -0.2) is 29.7 Å². The molecule has 5 heteroatoms. The summed E-state index contributed by atoms with van der Waals surface area (Å²) in [7, 11) is 1.98. The van der Waals surface area contributed by atoms with Gasteiger partial charge in [-0.05, 0) is 12.3 Å². The predicted octanol–water partition coefficient (Wildman–Crippen LogP) is 2.47. The van der Waals surface area contributed by atoms with Crippen LogP contribution in [0.4, 0.5) is 5.13 Å². The molecule has 1 heterocycles. The molecule has 2 rings (SSSR count). The number of carboxylic acids is 1. The van der Waals surface area contributed by atoms with E-state index in [1.165, 1.54) is 43.2 Å². The molecule has 0 aliphatic heterocycles. The monoisotopic (exact) mass is 240 g/mol. The molecule has 1 aromatic heterocycles. The van der Waals surface area contributed by atoms with E-state index in [0.717, 1.165) is 17.6 Å². The lowest BCUT2D eigenvalue weighted by Gasteiger charge is -2.27. The Morgan fingerprint density at radius 2 is 2.44 bits per heavy atom. The third kappa shape index (κ3) is 2.52. The lowest BCUT2D eigenvalue weighted by Crippen LogP contribution is -2.23. The topological polar surface area (TPSA) is 53.4 Å². The second-order valence-electron chi connectivity index (χ2n) is 4.32. The predicted molar refractivity (Wildman–Crippen MR) is 64.3 cm³/mol. The van der Waals surface area contributed by atoms with Gasteiger partial charge in [-0.3, -0.25) is 0 Å². The van der Waals surface area contributed by atoms with Gasteiger partial charge in [0.1, 0.15) is 4.88 Å². The molecule has 88 valence electrons. The summed E-state index contributed by atoms with van der Waals surface area (Å²) in [6, 6.07) is 0. The van der Waals surface area contributed by atoms with Gasteiger partial charge < -0.3 is 10.0 Å². The fourth-order valence-corrected chi connectivity index (χ4v) is 2.54. The Bertz CT molecular complexity index is 374. The first kappa shape index (κ1) is 11.4. The molecule has 16 heavy (non-hydrogen) atoms. The van der Waals surface area contributed by atoms with Crippen molar-refractivity contribution in [3.05, 3.63) is 11.1 Å². The molecule has 0 radical (unpaired) electrons. The molecule has 0 unspecified atom stereocenters. The molecule has 1 aliphatic carbocycles. The van der Waals surface area contributed by atoms with Gasteiger partial charge in [-0.2, -0.15) is 0 Å². The van der Waals surface area contributed by atoms with Crippen molar-refractivity contribution in [2.45, 2.75) is 25.7 Å². The number of carboxylic acid groups (broad SMARTS) is 1. The lowest BCUT2D eigenvalue weighted by atomic mass is 9.83. The van der Waals surface area contributed by atoms with Gasteiger partial charge in [0.15, 0.2) is 5.13 Å². The molecule has 0 saturated heterocycles. The second-order valence-corrected chi connectivity index (χ2v) is 5.33. The van der Waals surface area contributed by atoms with Crippen LogP contribution in [-0.2, 0) is 0 Å². The van der Waals surface area contributed by atoms with Crippen LogP contribution in [0.3, 0.4) is 0 Å². The first-order valence-electron chi connectivity index (χ1n) is 5.57. The van der Waals surface area contributed by atoms with E-state index in [4.69, 9.17) is 5.11 Å². The SMILES string of the molecule is CN(CCC1CCC1)c1ncc(C(=O)O)s1. The number of carbonyl (C=O) groups is 1. The van der Waals surface area contributed by atoms with Crippen molar-refractivity contribution in [1.82, 2.24) is 4.98 Å². The minimum Gasteiger partial charge on any atom is -0.477 e. The van der Waals surface area contributed by atoms with Gasteiger partial charge in [0.25, 0.3) is 0 Å². The summed E-state index contributed by atoms with van der Waals surface area (Å²) in [6.07, 6.45) is 6.70. The van der Waals surface area contributed by atoms with Gasteiger partial charge in [-0.1, -0.05) is 30.6 Å². The lowest BCUT2D eigenvalue weighted by molar-refractivity contribution is 0.0702. The Kier molecular flexibility index (Phi) is 3.43. The van der Waals surface area contributed by atoms with E-state index in [-0.39, 0.29) is 0 Å². The minimum atomic E-state index is -0.892.